The first-order chi connectivity index (χ1) is 8.90. The number of aromatic carboxylic acids is 1. The van der Waals surface area contributed by atoms with E-state index in [1.165, 1.54) is 22.5 Å². The molecule has 0 aromatic heterocycles. The van der Waals surface area contributed by atoms with Crippen molar-refractivity contribution >= 4 is 16.0 Å². The molecule has 1 aromatic carbocycles. The molecule has 0 aliphatic rings. The number of rotatable bonds is 7. The number of carboxylic acids is 1. The zero-order valence-electron chi connectivity index (χ0n) is 10.6. The van der Waals surface area contributed by atoms with E-state index in [9.17, 15) is 13.2 Å². The summed E-state index contributed by atoms with van der Waals surface area (Å²) in [6, 6.07) is 5.82. The summed E-state index contributed by atoms with van der Waals surface area (Å²) in [6.45, 7) is 1.74. The minimum Gasteiger partial charge on any atom is -0.478 e. The van der Waals surface area contributed by atoms with Crippen molar-refractivity contribution in [3.63, 3.8) is 0 Å². The van der Waals surface area contributed by atoms with E-state index in [2.05, 4.69) is 0 Å². The molecule has 0 aliphatic heterocycles. The van der Waals surface area contributed by atoms with Crippen LogP contribution in [0.25, 0.3) is 0 Å². The first-order valence-electron chi connectivity index (χ1n) is 5.81. The fourth-order valence-electron chi connectivity index (χ4n) is 1.70. The lowest BCUT2D eigenvalue weighted by Gasteiger charge is -2.19. The minimum absolute atomic E-state index is 0.0391. The maximum Gasteiger partial charge on any atom is 0.335 e. The zero-order valence-corrected chi connectivity index (χ0v) is 11.4. The zero-order chi connectivity index (χ0) is 14.5. The van der Waals surface area contributed by atoms with E-state index in [-0.39, 0.29) is 31.0 Å². The maximum absolute atomic E-state index is 12.1. The van der Waals surface area contributed by atoms with Gasteiger partial charge in [-0.25, -0.2) is 13.2 Å². The molecule has 106 valence electrons. The number of likely N-dealkylation sites (N-methyl/N-ethyl adjacent to an activating group) is 1. The van der Waals surface area contributed by atoms with Gasteiger partial charge >= 0.3 is 5.97 Å². The van der Waals surface area contributed by atoms with Crippen LogP contribution < -0.4 is 0 Å². The molecule has 6 nitrogen and oxygen atoms in total. The van der Waals surface area contributed by atoms with Crippen molar-refractivity contribution < 1.29 is 23.4 Å². The van der Waals surface area contributed by atoms with Crippen molar-refractivity contribution in [1.29, 1.82) is 0 Å². The van der Waals surface area contributed by atoms with Gasteiger partial charge in [0.05, 0.1) is 17.9 Å². The second kappa shape index (κ2) is 6.65. The van der Waals surface area contributed by atoms with Crippen LogP contribution in [-0.4, -0.2) is 48.6 Å². The van der Waals surface area contributed by atoms with Crippen molar-refractivity contribution in [2.45, 2.75) is 12.7 Å². The van der Waals surface area contributed by atoms with Gasteiger partial charge in [0, 0.05) is 13.1 Å². The van der Waals surface area contributed by atoms with Crippen LogP contribution >= 0.6 is 0 Å². The second-order valence-electron chi connectivity index (χ2n) is 3.98. The lowest BCUT2D eigenvalue weighted by molar-refractivity contribution is 0.0696. The summed E-state index contributed by atoms with van der Waals surface area (Å²) >= 11 is 0. The predicted molar refractivity (Wildman–Crippen MR) is 70.4 cm³/mol. The highest BCUT2D eigenvalue weighted by Gasteiger charge is 2.20. The molecule has 0 aliphatic carbocycles. The SMILES string of the molecule is CCN(CCO)S(=O)(=O)Cc1cccc(C(=O)O)c1. The van der Waals surface area contributed by atoms with Gasteiger partial charge in [0.2, 0.25) is 10.0 Å². The predicted octanol–water partition coefficient (Wildman–Crippen LogP) is 0.529. The van der Waals surface area contributed by atoms with Gasteiger partial charge in [-0.15, -0.1) is 0 Å². The quantitative estimate of drug-likeness (QED) is 0.762. The topological polar surface area (TPSA) is 94.9 Å². The largest absolute Gasteiger partial charge is 0.478 e. The number of benzene rings is 1. The summed E-state index contributed by atoms with van der Waals surface area (Å²) in [5, 5.41) is 17.7. The first-order valence-corrected chi connectivity index (χ1v) is 7.42. The third kappa shape index (κ3) is 4.30. The number of carbonyl (C=O) groups is 1. The van der Waals surface area contributed by atoms with Crippen LogP contribution in [0, 0.1) is 0 Å². The summed E-state index contributed by atoms with van der Waals surface area (Å²) in [4.78, 5) is 10.8. The third-order valence-electron chi connectivity index (χ3n) is 2.62. The number of aliphatic hydroxyl groups excluding tert-OH is 1. The Morgan fingerprint density at radius 1 is 1.37 bits per heavy atom. The first kappa shape index (κ1) is 15.6. The Hall–Kier alpha value is -1.44. The van der Waals surface area contributed by atoms with E-state index < -0.39 is 16.0 Å². The number of carboxylic acid groups (broad SMARTS) is 1. The molecule has 19 heavy (non-hydrogen) atoms. The van der Waals surface area contributed by atoms with E-state index >= 15 is 0 Å². The summed E-state index contributed by atoms with van der Waals surface area (Å²) in [6.07, 6.45) is 0. The van der Waals surface area contributed by atoms with Gasteiger partial charge in [-0.3, -0.25) is 0 Å². The van der Waals surface area contributed by atoms with Crippen LogP contribution in [0.15, 0.2) is 24.3 Å². The lowest BCUT2D eigenvalue weighted by Crippen LogP contribution is -2.34. The summed E-state index contributed by atoms with van der Waals surface area (Å²) < 4.78 is 25.3. The van der Waals surface area contributed by atoms with Crippen molar-refractivity contribution in [3.8, 4) is 0 Å². The molecular formula is C12H17NO5S. The number of hydrogen-bond acceptors (Lipinski definition) is 4. The van der Waals surface area contributed by atoms with Gasteiger partial charge in [-0.2, -0.15) is 4.31 Å². The van der Waals surface area contributed by atoms with E-state index in [1.54, 1.807) is 13.0 Å². The van der Waals surface area contributed by atoms with Gasteiger partial charge < -0.3 is 10.2 Å². The summed E-state index contributed by atoms with van der Waals surface area (Å²) in [5.41, 5.74) is 0.467. The Labute approximate surface area is 112 Å². The standard InChI is InChI=1S/C12H17NO5S/c1-2-13(6-7-14)19(17,18)9-10-4-3-5-11(8-10)12(15)16/h3-5,8,14H,2,6-7,9H2,1H3,(H,15,16). The number of nitrogens with zero attached hydrogens (tertiary/aromatic N) is 1. The van der Waals surface area contributed by atoms with E-state index in [0.717, 1.165) is 0 Å². The molecule has 0 saturated heterocycles. The van der Waals surface area contributed by atoms with Gasteiger partial charge in [0.15, 0.2) is 0 Å². The fraction of sp³-hybridized carbons (Fsp3) is 0.417. The van der Waals surface area contributed by atoms with Crippen molar-refractivity contribution in [2.24, 2.45) is 0 Å². The Morgan fingerprint density at radius 2 is 2.05 bits per heavy atom. The molecular weight excluding hydrogens is 270 g/mol. The Morgan fingerprint density at radius 3 is 2.58 bits per heavy atom. The van der Waals surface area contributed by atoms with E-state index in [4.69, 9.17) is 10.2 Å². The molecule has 1 aromatic rings. The van der Waals surface area contributed by atoms with Crippen molar-refractivity contribution in [2.75, 3.05) is 19.7 Å². The van der Waals surface area contributed by atoms with Gasteiger partial charge in [-0.05, 0) is 17.7 Å². The molecule has 0 atom stereocenters. The Balaban J connectivity index is 2.94. The van der Waals surface area contributed by atoms with Crippen LogP contribution in [0.1, 0.15) is 22.8 Å². The normalized spacial score (nSPS) is 11.7. The molecule has 0 bridgehead atoms. The van der Waals surface area contributed by atoms with Crippen molar-refractivity contribution in [1.82, 2.24) is 4.31 Å². The average Bonchev–Trinajstić information content (AvgIpc) is 2.35. The minimum atomic E-state index is -3.55. The number of hydrogen-bond donors (Lipinski definition) is 2. The van der Waals surface area contributed by atoms with Gasteiger partial charge in [0.25, 0.3) is 0 Å². The third-order valence-corrected chi connectivity index (χ3v) is 4.54. The summed E-state index contributed by atoms with van der Waals surface area (Å²) in [7, 11) is -3.55. The number of sulfonamides is 1. The van der Waals surface area contributed by atoms with Crippen molar-refractivity contribution in [3.05, 3.63) is 35.4 Å². The molecule has 7 heteroatoms. The van der Waals surface area contributed by atoms with Gasteiger partial charge in [0.1, 0.15) is 0 Å². The maximum atomic E-state index is 12.1. The van der Waals surface area contributed by atoms with Gasteiger partial charge in [-0.1, -0.05) is 19.1 Å². The molecule has 0 unspecified atom stereocenters. The lowest BCUT2D eigenvalue weighted by atomic mass is 10.1. The molecule has 2 N–H and O–H groups in total. The molecule has 0 fully saturated rings. The Bertz CT molecular complexity index is 541. The van der Waals surface area contributed by atoms with E-state index in [0.29, 0.717) is 5.56 Å². The molecule has 0 saturated carbocycles. The van der Waals surface area contributed by atoms with E-state index in [1.807, 2.05) is 0 Å². The molecule has 1 rings (SSSR count). The smallest absolute Gasteiger partial charge is 0.335 e. The average molecular weight is 287 g/mol. The van der Waals surface area contributed by atoms with Crippen LogP contribution in [0.3, 0.4) is 0 Å². The molecule has 0 heterocycles. The molecule has 0 radical (unpaired) electrons. The Kier molecular flexibility index (Phi) is 5.46. The van der Waals surface area contributed by atoms with Crippen LogP contribution in [0.4, 0.5) is 0 Å². The monoisotopic (exact) mass is 287 g/mol. The van der Waals surface area contributed by atoms with Crippen LogP contribution in [0.2, 0.25) is 0 Å². The molecule has 0 spiro atoms. The molecule has 0 amide bonds. The second-order valence-corrected chi connectivity index (χ2v) is 5.95. The van der Waals surface area contributed by atoms with Crippen LogP contribution in [-0.2, 0) is 15.8 Å². The number of aliphatic hydroxyl groups is 1. The highest BCUT2D eigenvalue weighted by atomic mass is 32.2. The highest BCUT2D eigenvalue weighted by molar-refractivity contribution is 7.88. The van der Waals surface area contributed by atoms with Crippen LogP contribution in [0.5, 0.6) is 0 Å². The fourth-order valence-corrected chi connectivity index (χ4v) is 3.24. The summed E-state index contributed by atoms with van der Waals surface area (Å²) in [5.74, 6) is -1.37. The highest BCUT2D eigenvalue weighted by Crippen LogP contribution is 2.12.